The minimum absolute atomic E-state index is 0.0491. The molecule has 0 heterocycles. The summed E-state index contributed by atoms with van der Waals surface area (Å²) in [7, 11) is 0. The first-order valence-electron chi connectivity index (χ1n) is 7.70. The summed E-state index contributed by atoms with van der Waals surface area (Å²) >= 11 is 0. The van der Waals surface area contributed by atoms with Crippen molar-refractivity contribution < 1.29 is 14.3 Å². The summed E-state index contributed by atoms with van der Waals surface area (Å²) in [6.45, 7) is 4.28. The van der Waals surface area contributed by atoms with Gasteiger partial charge in [-0.3, -0.25) is 0 Å². The van der Waals surface area contributed by atoms with Gasteiger partial charge in [0.1, 0.15) is 24.0 Å². The van der Waals surface area contributed by atoms with E-state index in [9.17, 15) is 10.1 Å². The van der Waals surface area contributed by atoms with E-state index in [-0.39, 0.29) is 12.2 Å². The molecular formula is C20H19NO3. The average molecular weight is 321 g/mol. The third kappa shape index (κ3) is 4.72. The molecule has 0 aliphatic carbocycles. The second kappa shape index (κ2) is 8.54. The summed E-state index contributed by atoms with van der Waals surface area (Å²) < 4.78 is 10.8. The molecule has 0 bridgehead atoms. The molecule has 0 unspecified atom stereocenters. The molecular weight excluding hydrogens is 302 g/mol. The van der Waals surface area contributed by atoms with Crippen LogP contribution in [0.15, 0.2) is 54.1 Å². The lowest BCUT2D eigenvalue weighted by atomic mass is 10.1. The zero-order chi connectivity index (χ0) is 17.4. The average Bonchev–Trinajstić information content (AvgIpc) is 2.60. The highest BCUT2D eigenvalue weighted by molar-refractivity contribution is 5.98. The highest BCUT2D eigenvalue weighted by Gasteiger charge is 2.12. The van der Waals surface area contributed by atoms with Gasteiger partial charge in [-0.2, -0.15) is 5.26 Å². The van der Waals surface area contributed by atoms with E-state index in [1.807, 2.05) is 61.5 Å². The fraction of sp³-hybridized carbons (Fsp3) is 0.200. The Morgan fingerprint density at radius 2 is 1.96 bits per heavy atom. The van der Waals surface area contributed by atoms with Gasteiger partial charge in [0.25, 0.3) is 0 Å². The standard InChI is InChI=1S/C20H19NO3/c1-3-23-20(22)18(13-21)12-17-11-15(2)9-10-19(17)24-14-16-7-5-4-6-8-16/h4-12H,3,14H2,1-2H3/b18-12+. The SMILES string of the molecule is CCOC(=O)/C(C#N)=C/c1cc(C)ccc1OCc1ccccc1. The fourth-order valence-electron chi connectivity index (χ4n) is 2.15. The van der Waals surface area contributed by atoms with E-state index >= 15 is 0 Å². The quantitative estimate of drug-likeness (QED) is 0.457. The highest BCUT2D eigenvalue weighted by Crippen LogP contribution is 2.24. The van der Waals surface area contributed by atoms with Gasteiger partial charge in [-0.1, -0.05) is 42.0 Å². The number of carbonyl (C=O) groups excluding carboxylic acids is 1. The molecule has 0 saturated heterocycles. The van der Waals surface area contributed by atoms with Crippen molar-refractivity contribution in [1.82, 2.24) is 0 Å². The monoisotopic (exact) mass is 321 g/mol. The molecule has 0 amide bonds. The van der Waals surface area contributed by atoms with Crippen LogP contribution < -0.4 is 4.74 Å². The van der Waals surface area contributed by atoms with Crippen LogP contribution in [0.3, 0.4) is 0 Å². The number of nitriles is 1. The molecule has 0 aliphatic heterocycles. The molecule has 0 aromatic heterocycles. The van der Waals surface area contributed by atoms with Gasteiger partial charge in [0.05, 0.1) is 6.61 Å². The van der Waals surface area contributed by atoms with Crippen molar-refractivity contribution in [3.63, 3.8) is 0 Å². The van der Waals surface area contributed by atoms with E-state index < -0.39 is 5.97 Å². The summed E-state index contributed by atoms with van der Waals surface area (Å²) in [6, 6.07) is 17.3. The van der Waals surface area contributed by atoms with Gasteiger partial charge >= 0.3 is 5.97 Å². The molecule has 0 aliphatic rings. The van der Waals surface area contributed by atoms with E-state index in [4.69, 9.17) is 9.47 Å². The molecule has 0 atom stereocenters. The van der Waals surface area contributed by atoms with E-state index in [1.165, 1.54) is 6.08 Å². The fourth-order valence-corrected chi connectivity index (χ4v) is 2.15. The molecule has 4 nitrogen and oxygen atoms in total. The summed E-state index contributed by atoms with van der Waals surface area (Å²) in [5, 5.41) is 9.19. The Morgan fingerprint density at radius 1 is 1.21 bits per heavy atom. The van der Waals surface area contributed by atoms with Gasteiger partial charge in [-0.15, -0.1) is 0 Å². The number of aryl methyl sites for hydroxylation is 1. The largest absolute Gasteiger partial charge is 0.488 e. The van der Waals surface area contributed by atoms with Gasteiger partial charge < -0.3 is 9.47 Å². The third-order valence-corrected chi connectivity index (χ3v) is 3.32. The molecule has 2 aromatic carbocycles. The van der Waals surface area contributed by atoms with Crippen molar-refractivity contribution in [2.45, 2.75) is 20.5 Å². The molecule has 2 aromatic rings. The van der Waals surface area contributed by atoms with Crippen LogP contribution in [0.25, 0.3) is 6.08 Å². The van der Waals surface area contributed by atoms with Crippen LogP contribution in [-0.4, -0.2) is 12.6 Å². The van der Waals surface area contributed by atoms with Gasteiger partial charge in [0.2, 0.25) is 0 Å². The van der Waals surface area contributed by atoms with E-state index in [0.29, 0.717) is 17.9 Å². The van der Waals surface area contributed by atoms with Gasteiger partial charge in [0, 0.05) is 5.56 Å². The molecule has 2 rings (SSSR count). The smallest absolute Gasteiger partial charge is 0.348 e. The topological polar surface area (TPSA) is 59.3 Å². The van der Waals surface area contributed by atoms with Crippen molar-refractivity contribution >= 4 is 12.0 Å². The highest BCUT2D eigenvalue weighted by atomic mass is 16.5. The van der Waals surface area contributed by atoms with Crippen molar-refractivity contribution in [2.24, 2.45) is 0 Å². The summed E-state index contributed by atoms with van der Waals surface area (Å²) in [5.41, 5.74) is 2.68. The second-order valence-electron chi connectivity index (χ2n) is 5.21. The van der Waals surface area contributed by atoms with Crippen molar-refractivity contribution in [1.29, 1.82) is 5.26 Å². The lowest BCUT2D eigenvalue weighted by Crippen LogP contribution is -2.06. The first kappa shape index (κ1) is 17.3. The minimum atomic E-state index is -0.629. The number of hydrogen-bond donors (Lipinski definition) is 0. The predicted octanol–water partition coefficient (Wildman–Crippen LogP) is 4.04. The summed E-state index contributed by atoms with van der Waals surface area (Å²) in [4.78, 5) is 11.8. The van der Waals surface area contributed by atoms with Crippen LogP contribution in [0.2, 0.25) is 0 Å². The number of benzene rings is 2. The Balaban J connectivity index is 2.27. The van der Waals surface area contributed by atoms with Crippen LogP contribution >= 0.6 is 0 Å². The molecule has 0 N–H and O–H groups in total. The predicted molar refractivity (Wildman–Crippen MR) is 92.2 cm³/mol. The Kier molecular flexibility index (Phi) is 6.16. The zero-order valence-electron chi connectivity index (χ0n) is 13.8. The van der Waals surface area contributed by atoms with Crippen LogP contribution in [0, 0.1) is 18.3 Å². The first-order valence-corrected chi connectivity index (χ1v) is 7.70. The first-order chi connectivity index (χ1) is 11.6. The Hall–Kier alpha value is -3.06. The van der Waals surface area contributed by atoms with Crippen molar-refractivity contribution in [2.75, 3.05) is 6.61 Å². The molecule has 0 spiro atoms. The number of carbonyl (C=O) groups is 1. The lowest BCUT2D eigenvalue weighted by Gasteiger charge is -2.11. The third-order valence-electron chi connectivity index (χ3n) is 3.32. The molecule has 24 heavy (non-hydrogen) atoms. The van der Waals surface area contributed by atoms with Gasteiger partial charge in [-0.05, 0) is 37.6 Å². The van der Waals surface area contributed by atoms with Crippen molar-refractivity contribution in [3.8, 4) is 11.8 Å². The maximum atomic E-state index is 11.8. The minimum Gasteiger partial charge on any atom is -0.488 e. The van der Waals surface area contributed by atoms with Gasteiger partial charge in [-0.25, -0.2) is 4.79 Å². The van der Waals surface area contributed by atoms with E-state index in [2.05, 4.69) is 0 Å². The van der Waals surface area contributed by atoms with Crippen molar-refractivity contribution in [3.05, 3.63) is 70.8 Å². The number of hydrogen-bond acceptors (Lipinski definition) is 4. The summed E-state index contributed by atoms with van der Waals surface area (Å²) in [6.07, 6.45) is 1.51. The Bertz CT molecular complexity index is 773. The molecule has 0 radical (unpaired) electrons. The van der Waals surface area contributed by atoms with Gasteiger partial charge in [0.15, 0.2) is 0 Å². The normalized spacial score (nSPS) is 10.8. The van der Waals surface area contributed by atoms with E-state index in [0.717, 1.165) is 11.1 Å². The van der Waals surface area contributed by atoms with Crippen LogP contribution in [0.1, 0.15) is 23.6 Å². The molecule has 0 fully saturated rings. The van der Waals surface area contributed by atoms with E-state index in [1.54, 1.807) is 6.92 Å². The second-order valence-corrected chi connectivity index (χ2v) is 5.21. The molecule has 4 heteroatoms. The number of rotatable bonds is 6. The Labute approximate surface area is 141 Å². The Morgan fingerprint density at radius 3 is 2.62 bits per heavy atom. The number of nitrogens with zero attached hydrogens (tertiary/aromatic N) is 1. The van der Waals surface area contributed by atoms with Crippen LogP contribution in [-0.2, 0) is 16.1 Å². The summed E-state index contributed by atoms with van der Waals surface area (Å²) in [5.74, 6) is -0.0167. The molecule has 122 valence electrons. The number of esters is 1. The number of ether oxygens (including phenoxy) is 2. The van der Waals surface area contributed by atoms with Crippen LogP contribution in [0.4, 0.5) is 0 Å². The molecule has 0 saturated carbocycles. The maximum absolute atomic E-state index is 11.8. The maximum Gasteiger partial charge on any atom is 0.348 e. The van der Waals surface area contributed by atoms with Crippen LogP contribution in [0.5, 0.6) is 5.75 Å². The zero-order valence-corrected chi connectivity index (χ0v) is 13.8. The lowest BCUT2D eigenvalue weighted by molar-refractivity contribution is -0.137.